The summed E-state index contributed by atoms with van der Waals surface area (Å²) in [5.74, 6) is 2.65. The summed E-state index contributed by atoms with van der Waals surface area (Å²) in [7, 11) is 1.94. The van der Waals surface area contributed by atoms with Gasteiger partial charge in [0.25, 0.3) is 0 Å². The maximum Gasteiger partial charge on any atom is 0.191 e. The second-order valence-electron chi connectivity index (χ2n) is 3.75. The molecule has 0 radical (unpaired) electrons. The molecule has 2 rings (SSSR count). The summed E-state index contributed by atoms with van der Waals surface area (Å²) >= 11 is 1.67. The molecular formula is C13H13N3S. The monoisotopic (exact) mass is 243 g/mol. The van der Waals surface area contributed by atoms with Crippen molar-refractivity contribution in [3.05, 3.63) is 41.7 Å². The molecule has 86 valence electrons. The Labute approximate surface area is 105 Å². The molecule has 1 aromatic carbocycles. The molecule has 0 aliphatic rings. The largest absolute Gasteiger partial charge is 0.312 e. The van der Waals surface area contributed by atoms with E-state index in [4.69, 9.17) is 6.42 Å². The van der Waals surface area contributed by atoms with Crippen LogP contribution in [0.2, 0.25) is 0 Å². The molecule has 0 spiro atoms. The Morgan fingerprint density at radius 3 is 2.94 bits per heavy atom. The van der Waals surface area contributed by atoms with Crippen LogP contribution in [0.25, 0.3) is 0 Å². The lowest BCUT2D eigenvalue weighted by Crippen LogP contribution is -1.94. The summed E-state index contributed by atoms with van der Waals surface area (Å²) < 4.78 is 1.91. The van der Waals surface area contributed by atoms with Crippen molar-refractivity contribution in [2.45, 2.75) is 17.3 Å². The Morgan fingerprint density at radius 1 is 1.47 bits per heavy atom. The molecule has 1 heterocycles. The number of hydrogen-bond acceptors (Lipinski definition) is 3. The van der Waals surface area contributed by atoms with E-state index in [0.29, 0.717) is 5.25 Å². The predicted octanol–water partition coefficient (Wildman–Crippen LogP) is 2.65. The van der Waals surface area contributed by atoms with Crippen LogP contribution in [0, 0.1) is 12.3 Å². The van der Waals surface area contributed by atoms with Gasteiger partial charge in [-0.2, -0.15) is 0 Å². The van der Waals surface area contributed by atoms with Crippen LogP contribution >= 0.6 is 11.8 Å². The van der Waals surface area contributed by atoms with E-state index in [0.717, 1.165) is 10.7 Å². The van der Waals surface area contributed by atoms with Gasteiger partial charge in [0.05, 0.1) is 0 Å². The second kappa shape index (κ2) is 5.07. The standard InChI is InChI=1S/C13H13N3S/c1-4-11-6-5-7-12(8-11)10(2)17-13-15-14-9-16(13)3/h1,5-10H,2-3H3/t10-/m0/s1. The van der Waals surface area contributed by atoms with Gasteiger partial charge >= 0.3 is 0 Å². The molecule has 0 amide bonds. The maximum atomic E-state index is 5.40. The van der Waals surface area contributed by atoms with E-state index in [9.17, 15) is 0 Å². The average Bonchev–Trinajstić information content (AvgIpc) is 2.75. The minimum atomic E-state index is 0.297. The van der Waals surface area contributed by atoms with Crippen molar-refractivity contribution in [3.8, 4) is 12.3 Å². The van der Waals surface area contributed by atoms with Crippen LogP contribution in [0.5, 0.6) is 0 Å². The fourth-order valence-electron chi connectivity index (χ4n) is 1.49. The number of benzene rings is 1. The van der Waals surface area contributed by atoms with Gasteiger partial charge in [-0.3, -0.25) is 0 Å². The first-order chi connectivity index (χ1) is 8.20. The van der Waals surface area contributed by atoms with Gasteiger partial charge in [0, 0.05) is 17.9 Å². The minimum Gasteiger partial charge on any atom is -0.312 e. The number of hydrogen-bond donors (Lipinski definition) is 0. The van der Waals surface area contributed by atoms with Gasteiger partial charge in [0.1, 0.15) is 6.33 Å². The zero-order chi connectivity index (χ0) is 12.3. The van der Waals surface area contributed by atoms with Crippen LogP contribution in [-0.2, 0) is 7.05 Å². The van der Waals surface area contributed by atoms with E-state index in [1.807, 2.05) is 29.8 Å². The summed E-state index contributed by atoms with van der Waals surface area (Å²) in [4.78, 5) is 0. The van der Waals surface area contributed by atoms with E-state index >= 15 is 0 Å². The fourth-order valence-corrected chi connectivity index (χ4v) is 2.39. The van der Waals surface area contributed by atoms with Gasteiger partial charge in [0.15, 0.2) is 5.16 Å². The van der Waals surface area contributed by atoms with Crippen molar-refractivity contribution in [3.63, 3.8) is 0 Å². The average molecular weight is 243 g/mol. The highest BCUT2D eigenvalue weighted by Gasteiger charge is 2.11. The van der Waals surface area contributed by atoms with E-state index in [2.05, 4.69) is 29.1 Å². The molecule has 0 saturated heterocycles. The number of terminal acetylenes is 1. The quantitative estimate of drug-likeness (QED) is 0.613. The zero-order valence-electron chi connectivity index (χ0n) is 9.79. The molecule has 2 aromatic rings. The number of aromatic nitrogens is 3. The summed E-state index contributed by atoms with van der Waals surface area (Å²) in [6, 6.07) is 8.03. The molecule has 0 aliphatic heterocycles. The first kappa shape index (κ1) is 11.7. The molecule has 0 fully saturated rings. The van der Waals surface area contributed by atoms with Crippen LogP contribution in [-0.4, -0.2) is 14.8 Å². The van der Waals surface area contributed by atoms with Gasteiger partial charge in [0.2, 0.25) is 0 Å². The second-order valence-corrected chi connectivity index (χ2v) is 5.06. The van der Waals surface area contributed by atoms with E-state index < -0.39 is 0 Å². The zero-order valence-corrected chi connectivity index (χ0v) is 10.6. The molecule has 1 aromatic heterocycles. The molecule has 0 N–H and O–H groups in total. The number of rotatable bonds is 3. The van der Waals surface area contributed by atoms with Gasteiger partial charge in [-0.15, -0.1) is 16.6 Å². The Hall–Kier alpha value is -1.73. The summed E-state index contributed by atoms with van der Waals surface area (Å²) in [6.45, 7) is 2.13. The number of thioether (sulfide) groups is 1. The highest BCUT2D eigenvalue weighted by Crippen LogP contribution is 2.33. The van der Waals surface area contributed by atoms with Crippen LogP contribution in [0.15, 0.2) is 35.7 Å². The molecule has 0 bridgehead atoms. The SMILES string of the molecule is C#Cc1cccc([C@H](C)Sc2nncn2C)c1. The normalized spacial score (nSPS) is 12.1. The summed E-state index contributed by atoms with van der Waals surface area (Å²) in [5.41, 5.74) is 2.11. The van der Waals surface area contributed by atoms with Crippen molar-refractivity contribution in [1.82, 2.24) is 14.8 Å². The van der Waals surface area contributed by atoms with Crippen molar-refractivity contribution in [2.75, 3.05) is 0 Å². The lowest BCUT2D eigenvalue weighted by atomic mass is 10.1. The van der Waals surface area contributed by atoms with Gasteiger partial charge in [-0.25, -0.2) is 0 Å². The predicted molar refractivity (Wildman–Crippen MR) is 69.7 cm³/mol. The molecule has 0 aliphatic carbocycles. The molecule has 0 unspecified atom stereocenters. The molecule has 1 atom stereocenters. The molecular weight excluding hydrogens is 230 g/mol. The lowest BCUT2D eigenvalue weighted by molar-refractivity contribution is 0.785. The van der Waals surface area contributed by atoms with Crippen molar-refractivity contribution in [2.24, 2.45) is 7.05 Å². The Bertz CT molecular complexity index is 554. The highest BCUT2D eigenvalue weighted by atomic mass is 32.2. The minimum absolute atomic E-state index is 0.297. The van der Waals surface area contributed by atoms with Crippen LogP contribution < -0.4 is 0 Å². The Kier molecular flexibility index (Phi) is 3.50. The first-order valence-electron chi connectivity index (χ1n) is 5.28. The molecule has 4 heteroatoms. The van der Waals surface area contributed by atoms with E-state index in [1.54, 1.807) is 18.1 Å². The van der Waals surface area contributed by atoms with E-state index in [-0.39, 0.29) is 0 Å². The van der Waals surface area contributed by atoms with Crippen molar-refractivity contribution >= 4 is 11.8 Å². The van der Waals surface area contributed by atoms with Gasteiger partial charge in [-0.1, -0.05) is 29.8 Å². The third-order valence-electron chi connectivity index (χ3n) is 2.47. The van der Waals surface area contributed by atoms with E-state index in [1.165, 1.54) is 5.56 Å². The Morgan fingerprint density at radius 2 is 2.29 bits per heavy atom. The van der Waals surface area contributed by atoms with Crippen LogP contribution in [0.1, 0.15) is 23.3 Å². The maximum absolute atomic E-state index is 5.40. The topological polar surface area (TPSA) is 30.7 Å². The summed E-state index contributed by atoms with van der Waals surface area (Å²) in [6.07, 6.45) is 7.10. The number of nitrogens with zero attached hydrogens (tertiary/aromatic N) is 3. The van der Waals surface area contributed by atoms with Crippen LogP contribution in [0.4, 0.5) is 0 Å². The molecule has 17 heavy (non-hydrogen) atoms. The molecule has 0 saturated carbocycles. The third-order valence-corrected chi connectivity index (χ3v) is 3.68. The van der Waals surface area contributed by atoms with Gasteiger partial charge in [-0.05, 0) is 24.6 Å². The lowest BCUT2D eigenvalue weighted by Gasteiger charge is -2.10. The Balaban J connectivity index is 2.17. The van der Waals surface area contributed by atoms with Crippen molar-refractivity contribution in [1.29, 1.82) is 0 Å². The smallest absolute Gasteiger partial charge is 0.191 e. The van der Waals surface area contributed by atoms with Gasteiger partial charge < -0.3 is 4.57 Å². The highest BCUT2D eigenvalue weighted by molar-refractivity contribution is 7.99. The summed E-state index contributed by atoms with van der Waals surface area (Å²) in [5, 5.41) is 9.12. The molecule has 3 nitrogen and oxygen atoms in total. The number of aryl methyl sites for hydroxylation is 1. The van der Waals surface area contributed by atoms with Crippen molar-refractivity contribution < 1.29 is 0 Å². The third kappa shape index (κ3) is 2.69. The first-order valence-corrected chi connectivity index (χ1v) is 6.16. The van der Waals surface area contributed by atoms with Crippen LogP contribution in [0.3, 0.4) is 0 Å². The fraction of sp³-hybridized carbons (Fsp3) is 0.231.